The third-order valence-corrected chi connectivity index (χ3v) is 4.06. The highest BCUT2D eigenvalue weighted by atomic mass is 16.3. The van der Waals surface area contributed by atoms with Crippen molar-refractivity contribution in [2.75, 3.05) is 6.61 Å². The summed E-state index contributed by atoms with van der Waals surface area (Å²) in [6.45, 7) is 1.71. The van der Waals surface area contributed by atoms with Crippen LogP contribution in [0, 0.1) is 0 Å². The summed E-state index contributed by atoms with van der Waals surface area (Å²) >= 11 is 0. The van der Waals surface area contributed by atoms with Gasteiger partial charge in [-0.15, -0.1) is 0 Å². The van der Waals surface area contributed by atoms with Crippen molar-refractivity contribution in [1.29, 1.82) is 0 Å². The van der Waals surface area contributed by atoms with Gasteiger partial charge in [-0.1, -0.05) is 49.6 Å². The van der Waals surface area contributed by atoms with E-state index >= 15 is 0 Å². The lowest BCUT2D eigenvalue weighted by Crippen LogP contribution is -2.52. The molecule has 1 atom stereocenters. The number of nitrogens with one attached hydrogen (secondary N) is 2. The van der Waals surface area contributed by atoms with Gasteiger partial charge in [0.2, 0.25) is 0 Å². The Hall–Kier alpha value is -1.55. The maximum atomic E-state index is 12.1. The average Bonchev–Trinajstić information content (AvgIpc) is 2.49. The predicted octanol–water partition coefficient (Wildman–Crippen LogP) is 2.53. The molecule has 0 saturated heterocycles. The fourth-order valence-corrected chi connectivity index (χ4v) is 2.73. The number of carbonyl (C=O) groups excluding carboxylic acids is 1. The number of hydrogen-bond donors (Lipinski definition) is 3. The normalized spacial score (nSPS) is 19.1. The van der Waals surface area contributed by atoms with Crippen LogP contribution in [0.4, 0.5) is 4.79 Å². The second kappa shape index (κ2) is 6.75. The molecule has 0 aromatic heterocycles. The minimum atomic E-state index is -0.750. The van der Waals surface area contributed by atoms with Crippen LogP contribution < -0.4 is 10.6 Å². The largest absolute Gasteiger partial charge is 0.394 e. The van der Waals surface area contributed by atoms with E-state index in [-0.39, 0.29) is 18.7 Å². The fraction of sp³-hybridized carbons (Fsp3) is 0.562. The average molecular weight is 276 g/mol. The summed E-state index contributed by atoms with van der Waals surface area (Å²) in [4.78, 5) is 12.1. The zero-order chi connectivity index (χ0) is 14.4. The number of amides is 2. The predicted molar refractivity (Wildman–Crippen MR) is 79.4 cm³/mol. The molecule has 1 saturated carbocycles. The molecule has 2 amide bonds. The Labute approximate surface area is 120 Å². The van der Waals surface area contributed by atoms with E-state index in [4.69, 9.17) is 0 Å². The number of rotatable bonds is 4. The lowest BCUT2D eigenvalue weighted by atomic mass is 9.93. The summed E-state index contributed by atoms with van der Waals surface area (Å²) in [7, 11) is 0. The van der Waals surface area contributed by atoms with Crippen LogP contribution in [0.5, 0.6) is 0 Å². The van der Waals surface area contributed by atoms with Crippen molar-refractivity contribution in [2.24, 2.45) is 0 Å². The Morgan fingerprint density at radius 1 is 1.25 bits per heavy atom. The Morgan fingerprint density at radius 2 is 1.90 bits per heavy atom. The van der Waals surface area contributed by atoms with Gasteiger partial charge >= 0.3 is 6.03 Å². The molecule has 2 rings (SSSR count). The van der Waals surface area contributed by atoms with E-state index in [0.29, 0.717) is 0 Å². The number of urea groups is 1. The quantitative estimate of drug-likeness (QED) is 0.791. The maximum Gasteiger partial charge on any atom is 0.315 e. The highest BCUT2D eigenvalue weighted by Crippen LogP contribution is 2.20. The molecule has 1 aliphatic rings. The molecule has 1 unspecified atom stereocenters. The molecule has 1 aromatic rings. The molecular formula is C16H24N2O2. The maximum absolute atomic E-state index is 12.1. The Bertz CT molecular complexity index is 429. The molecule has 1 aromatic carbocycles. The van der Waals surface area contributed by atoms with Crippen LogP contribution >= 0.6 is 0 Å². The first kappa shape index (κ1) is 14.9. The molecule has 20 heavy (non-hydrogen) atoms. The van der Waals surface area contributed by atoms with E-state index in [0.717, 1.165) is 18.4 Å². The van der Waals surface area contributed by atoms with Crippen molar-refractivity contribution in [1.82, 2.24) is 10.6 Å². The van der Waals surface area contributed by atoms with E-state index < -0.39 is 5.54 Å². The molecule has 0 aliphatic heterocycles. The number of aliphatic hydroxyl groups is 1. The second-order valence-corrected chi connectivity index (χ2v) is 5.79. The highest BCUT2D eigenvalue weighted by molar-refractivity contribution is 5.75. The first-order valence-electron chi connectivity index (χ1n) is 7.39. The topological polar surface area (TPSA) is 61.4 Å². The fourth-order valence-electron chi connectivity index (χ4n) is 2.73. The summed E-state index contributed by atoms with van der Waals surface area (Å²) in [6.07, 6.45) is 5.73. The number of hydrogen-bond acceptors (Lipinski definition) is 2. The highest BCUT2D eigenvalue weighted by Gasteiger charge is 2.28. The SMILES string of the molecule is CC(CO)(NC(=O)NC1CCCCC1)c1ccccc1. The van der Waals surface area contributed by atoms with E-state index in [2.05, 4.69) is 10.6 Å². The number of aliphatic hydroxyl groups excluding tert-OH is 1. The van der Waals surface area contributed by atoms with Crippen molar-refractivity contribution in [2.45, 2.75) is 50.6 Å². The van der Waals surface area contributed by atoms with Gasteiger partial charge in [-0.25, -0.2) is 4.79 Å². The van der Waals surface area contributed by atoms with Gasteiger partial charge in [0.05, 0.1) is 12.1 Å². The zero-order valence-electron chi connectivity index (χ0n) is 12.1. The number of carbonyl (C=O) groups is 1. The summed E-state index contributed by atoms with van der Waals surface area (Å²) in [5, 5.41) is 15.6. The molecule has 0 bridgehead atoms. The van der Waals surface area contributed by atoms with Gasteiger partial charge < -0.3 is 15.7 Å². The van der Waals surface area contributed by atoms with Crippen molar-refractivity contribution in [3.8, 4) is 0 Å². The molecule has 4 heteroatoms. The standard InChI is InChI=1S/C16H24N2O2/c1-16(12-19,13-8-4-2-5-9-13)18-15(20)17-14-10-6-3-7-11-14/h2,4-5,8-9,14,19H,3,6-7,10-12H2,1H3,(H2,17,18,20). The molecular weight excluding hydrogens is 252 g/mol. The molecule has 110 valence electrons. The molecule has 4 nitrogen and oxygen atoms in total. The van der Waals surface area contributed by atoms with Gasteiger partial charge in [0, 0.05) is 6.04 Å². The van der Waals surface area contributed by atoms with Crippen LogP contribution in [0.25, 0.3) is 0 Å². The summed E-state index contributed by atoms with van der Waals surface area (Å²) in [5.74, 6) is 0. The van der Waals surface area contributed by atoms with Crippen LogP contribution in [0.3, 0.4) is 0 Å². The van der Waals surface area contributed by atoms with Crippen LogP contribution in [-0.2, 0) is 5.54 Å². The van der Waals surface area contributed by atoms with Gasteiger partial charge in [0.1, 0.15) is 0 Å². The third-order valence-electron chi connectivity index (χ3n) is 4.06. The first-order valence-corrected chi connectivity index (χ1v) is 7.39. The van der Waals surface area contributed by atoms with Gasteiger partial charge in [-0.3, -0.25) is 0 Å². The lowest BCUT2D eigenvalue weighted by molar-refractivity contribution is 0.168. The Morgan fingerprint density at radius 3 is 2.50 bits per heavy atom. The summed E-state index contributed by atoms with van der Waals surface area (Å²) in [5.41, 5.74) is 0.154. The molecule has 0 heterocycles. The lowest BCUT2D eigenvalue weighted by Gasteiger charge is -2.31. The van der Waals surface area contributed by atoms with Gasteiger partial charge in [-0.05, 0) is 25.3 Å². The summed E-state index contributed by atoms with van der Waals surface area (Å²) < 4.78 is 0. The number of benzene rings is 1. The van der Waals surface area contributed by atoms with Crippen LogP contribution in [-0.4, -0.2) is 23.8 Å². The van der Waals surface area contributed by atoms with Crippen LogP contribution in [0.1, 0.15) is 44.6 Å². The van der Waals surface area contributed by atoms with Crippen molar-refractivity contribution < 1.29 is 9.90 Å². The zero-order valence-corrected chi connectivity index (χ0v) is 12.1. The Balaban J connectivity index is 1.96. The smallest absolute Gasteiger partial charge is 0.315 e. The molecule has 1 fully saturated rings. The third kappa shape index (κ3) is 3.73. The molecule has 1 aliphatic carbocycles. The second-order valence-electron chi connectivity index (χ2n) is 5.79. The molecule has 0 spiro atoms. The molecule has 0 radical (unpaired) electrons. The molecule has 3 N–H and O–H groups in total. The van der Waals surface area contributed by atoms with E-state index in [1.807, 2.05) is 37.3 Å². The minimum absolute atomic E-state index is 0.130. The van der Waals surface area contributed by atoms with Crippen LogP contribution in [0.2, 0.25) is 0 Å². The van der Waals surface area contributed by atoms with Gasteiger partial charge in [0.25, 0.3) is 0 Å². The monoisotopic (exact) mass is 276 g/mol. The van der Waals surface area contributed by atoms with Crippen molar-refractivity contribution >= 4 is 6.03 Å². The van der Waals surface area contributed by atoms with Crippen molar-refractivity contribution in [3.63, 3.8) is 0 Å². The van der Waals surface area contributed by atoms with Crippen molar-refractivity contribution in [3.05, 3.63) is 35.9 Å². The van der Waals surface area contributed by atoms with Crippen LogP contribution in [0.15, 0.2) is 30.3 Å². The van der Waals surface area contributed by atoms with E-state index in [9.17, 15) is 9.90 Å². The first-order chi connectivity index (χ1) is 9.64. The Kier molecular flexibility index (Phi) is 5.01. The van der Waals surface area contributed by atoms with E-state index in [1.165, 1.54) is 19.3 Å². The minimum Gasteiger partial charge on any atom is -0.394 e. The van der Waals surface area contributed by atoms with Gasteiger partial charge in [-0.2, -0.15) is 0 Å². The summed E-state index contributed by atoms with van der Waals surface area (Å²) in [6, 6.07) is 9.63. The van der Waals surface area contributed by atoms with Gasteiger partial charge in [0.15, 0.2) is 0 Å². The van der Waals surface area contributed by atoms with E-state index in [1.54, 1.807) is 0 Å².